The van der Waals surface area contributed by atoms with Gasteiger partial charge < -0.3 is 10.1 Å². The number of ketones is 1. The number of carbonyl (C=O) groups excluding carboxylic acids is 2. The lowest BCUT2D eigenvalue weighted by atomic mass is 10.0. The van der Waals surface area contributed by atoms with Crippen molar-refractivity contribution in [3.8, 4) is 5.75 Å². The molecule has 136 valence electrons. The summed E-state index contributed by atoms with van der Waals surface area (Å²) in [5.41, 5.74) is 2.79. The zero-order chi connectivity index (χ0) is 18.8. The maximum absolute atomic E-state index is 14.0. The van der Waals surface area contributed by atoms with E-state index < -0.39 is 5.82 Å². The first-order chi connectivity index (χ1) is 12.4. The largest absolute Gasteiger partial charge is 0.483 e. The van der Waals surface area contributed by atoms with E-state index in [1.807, 2.05) is 45.0 Å². The van der Waals surface area contributed by atoms with Crippen molar-refractivity contribution in [3.05, 3.63) is 64.5 Å². The summed E-state index contributed by atoms with van der Waals surface area (Å²) < 4.78 is 19.6. The van der Waals surface area contributed by atoms with Crippen molar-refractivity contribution in [2.45, 2.75) is 39.2 Å². The number of Topliss-reactive ketones (excluding diaryl/α,β-unsaturated/α-hetero) is 1. The number of benzene rings is 2. The standard InChI is InChI=1S/C21H22FNO3/c1-12-6-4-5-7-15(12)14(3)23-19(25)11-26-18-9-8-16(22)20-13(2)10-17(24)21(18)20/h4-9,13-14H,10-11H2,1-3H3,(H,23,25). The van der Waals surface area contributed by atoms with Gasteiger partial charge in [0.2, 0.25) is 0 Å². The number of hydrogen-bond donors (Lipinski definition) is 1. The highest BCUT2D eigenvalue weighted by atomic mass is 19.1. The number of nitrogens with one attached hydrogen (secondary N) is 1. The van der Waals surface area contributed by atoms with Crippen molar-refractivity contribution >= 4 is 11.7 Å². The Morgan fingerprint density at radius 3 is 2.77 bits per heavy atom. The third-order valence-corrected chi connectivity index (χ3v) is 4.81. The molecule has 2 unspecified atom stereocenters. The monoisotopic (exact) mass is 355 g/mol. The number of rotatable bonds is 5. The molecule has 0 saturated carbocycles. The van der Waals surface area contributed by atoms with Crippen LogP contribution in [0.5, 0.6) is 5.75 Å². The average Bonchev–Trinajstić information content (AvgIpc) is 2.90. The Hall–Kier alpha value is -2.69. The average molecular weight is 355 g/mol. The summed E-state index contributed by atoms with van der Waals surface area (Å²) in [5, 5.41) is 2.88. The lowest BCUT2D eigenvalue weighted by Gasteiger charge is -2.17. The van der Waals surface area contributed by atoms with E-state index in [0.717, 1.165) is 11.1 Å². The normalized spacial score (nSPS) is 16.9. The summed E-state index contributed by atoms with van der Waals surface area (Å²) in [6, 6.07) is 10.4. The first kappa shape index (κ1) is 18.1. The van der Waals surface area contributed by atoms with Crippen LogP contribution in [0, 0.1) is 12.7 Å². The van der Waals surface area contributed by atoms with Gasteiger partial charge in [-0.15, -0.1) is 0 Å². The predicted molar refractivity (Wildman–Crippen MR) is 97.0 cm³/mol. The highest BCUT2D eigenvalue weighted by Crippen LogP contribution is 2.39. The molecule has 1 aliphatic carbocycles. The maximum Gasteiger partial charge on any atom is 0.258 e. The van der Waals surface area contributed by atoms with Crippen LogP contribution < -0.4 is 10.1 Å². The van der Waals surface area contributed by atoms with Crippen LogP contribution in [-0.4, -0.2) is 18.3 Å². The highest BCUT2D eigenvalue weighted by Gasteiger charge is 2.32. The number of halogens is 1. The molecule has 0 spiro atoms. The van der Waals surface area contributed by atoms with Crippen molar-refractivity contribution in [2.75, 3.05) is 6.61 Å². The summed E-state index contributed by atoms with van der Waals surface area (Å²) in [6.07, 6.45) is 0.267. The van der Waals surface area contributed by atoms with Gasteiger partial charge in [0.05, 0.1) is 11.6 Å². The minimum Gasteiger partial charge on any atom is -0.483 e. The Balaban J connectivity index is 1.68. The van der Waals surface area contributed by atoms with E-state index >= 15 is 0 Å². The Bertz CT molecular complexity index is 862. The topological polar surface area (TPSA) is 55.4 Å². The van der Waals surface area contributed by atoms with Crippen LogP contribution in [0.4, 0.5) is 4.39 Å². The Labute approximate surface area is 152 Å². The molecule has 4 nitrogen and oxygen atoms in total. The fourth-order valence-corrected chi connectivity index (χ4v) is 3.52. The molecule has 0 saturated heterocycles. The number of ether oxygens (including phenoxy) is 1. The van der Waals surface area contributed by atoms with Gasteiger partial charge in [-0.2, -0.15) is 0 Å². The van der Waals surface area contributed by atoms with Gasteiger partial charge in [-0.25, -0.2) is 4.39 Å². The van der Waals surface area contributed by atoms with Crippen molar-refractivity contribution in [2.24, 2.45) is 0 Å². The second kappa shape index (κ2) is 7.28. The van der Waals surface area contributed by atoms with Crippen molar-refractivity contribution in [1.29, 1.82) is 0 Å². The first-order valence-corrected chi connectivity index (χ1v) is 8.71. The molecule has 5 heteroatoms. The van der Waals surface area contributed by atoms with Crippen LogP contribution in [0.3, 0.4) is 0 Å². The minimum atomic E-state index is -0.400. The van der Waals surface area contributed by atoms with Crippen LogP contribution >= 0.6 is 0 Å². The molecule has 0 bridgehead atoms. The third kappa shape index (κ3) is 3.47. The molecule has 1 N–H and O–H groups in total. The van der Waals surface area contributed by atoms with Crippen LogP contribution in [0.25, 0.3) is 0 Å². The summed E-state index contributed by atoms with van der Waals surface area (Å²) >= 11 is 0. The fourth-order valence-electron chi connectivity index (χ4n) is 3.52. The molecule has 0 aliphatic heterocycles. The molecule has 0 radical (unpaired) electrons. The van der Waals surface area contributed by atoms with Gasteiger partial charge >= 0.3 is 0 Å². The molecule has 0 aromatic heterocycles. The van der Waals surface area contributed by atoms with Crippen molar-refractivity contribution in [3.63, 3.8) is 0 Å². The first-order valence-electron chi connectivity index (χ1n) is 8.71. The SMILES string of the molecule is Cc1ccccc1C(C)NC(=O)COc1ccc(F)c2c1C(=O)CC2C. The van der Waals surface area contributed by atoms with Gasteiger partial charge in [0, 0.05) is 12.0 Å². The smallest absolute Gasteiger partial charge is 0.258 e. The highest BCUT2D eigenvalue weighted by molar-refractivity contribution is 6.03. The van der Waals surface area contributed by atoms with Gasteiger partial charge in [-0.3, -0.25) is 9.59 Å². The second-order valence-corrected chi connectivity index (χ2v) is 6.80. The number of aryl methyl sites for hydroxylation is 1. The number of hydrogen-bond acceptors (Lipinski definition) is 3. The third-order valence-electron chi connectivity index (χ3n) is 4.81. The van der Waals surface area contributed by atoms with Crippen molar-refractivity contribution in [1.82, 2.24) is 5.32 Å². The zero-order valence-electron chi connectivity index (χ0n) is 15.1. The van der Waals surface area contributed by atoms with Gasteiger partial charge in [0.1, 0.15) is 11.6 Å². The second-order valence-electron chi connectivity index (χ2n) is 6.80. The van der Waals surface area contributed by atoms with Gasteiger partial charge in [0.25, 0.3) is 5.91 Å². The molecule has 2 aromatic rings. The van der Waals surface area contributed by atoms with E-state index in [-0.39, 0.29) is 48.0 Å². The fraction of sp³-hybridized carbons (Fsp3) is 0.333. The number of fused-ring (bicyclic) bond motifs is 1. The van der Waals surface area contributed by atoms with E-state index in [0.29, 0.717) is 5.56 Å². The zero-order valence-corrected chi connectivity index (χ0v) is 15.1. The summed E-state index contributed by atoms with van der Waals surface area (Å²) in [6.45, 7) is 5.48. The summed E-state index contributed by atoms with van der Waals surface area (Å²) in [7, 11) is 0. The van der Waals surface area contributed by atoms with Gasteiger partial charge in [0.15, 0.2) is 12.4 Å². The summed E-state index contributed by atoms with van der Waals surface area (Å²) in [4.78, 5) is 24.4. The molecule has 26 heavy (non-hydrogen) atoms. The summed E-state index contributed by atoms with van der Waals surface area (Å²) in [5.74, 6) is -0.735. The van der Waals surface area contributed by atoms with Crippen LogP contribution in [0.2, 0.25) is 0 Å². The Morgan fingerprint density at radius 2 is 2.04 bits per heavy atom. The van der Waals surface area contributed by atoms with Gasteiger partial charge in [-0.1, -0.05) is 31.2 Å². The molecule has 1 aliphatic rings. The van der Waals surface area contributed by atoms with Crippen LogP contribution in [0.15, 0.2) is 36.4 Å². The van der Waals surface area contributed by atoms with Crippen LogP contribution in [-0.2, 0) is 4.79 Å². The molecule has 0 heterocycles. The maximum atomic E-state index is 14.0. The van der Waals surface area contributed by atoms with Crippen molar-refractivity contribution < 1.29 is 18.7 Å². The lowest BCUT2D eigenvalue weighted by Crippen LogP contribution is -2.31. The van der Waals surface area contributed by atoms with E-state index in [2.05, 4.69) is 5.32 Å². The van der Waals surface area contributed by atoms with E-state index in [9.17, 15) is 14.0 Å². The molecular weight excluding hydrogens is 333 g/mol. The van der Waals surface area contributed by atoms with E-state index in [1.165, 1.54) is 12.1 Å². The molecule has 0 fully saturated rings. The molecule has 2 aromatic carbocycles. The lowest BCUT2D eigenvalue weighted by molar-refractivity contribution is -0.123. The Morgan fingerprint density at radius 1 is 1.31 bits per heavy atom. The quantitative estimate of drug-likeness (QED) is 0.879. The number of carbonyl (C=O) groups is 2. The van der Waals surface area contributed by atoms with E-state index in [4.69, 9.17) is 4.74 Å². The van der Waals surface area contributed by atoms with Crippen LogP contribution in [0.1, 0.15) is 59.3 Å². The van der Waals surface area contributed by atoms with E-state index in [1.54, 1.807) is 0 Å². The Kier molecular flexibility index (Phi) is 5.07. The molecule has 2 atom stereocenters. The minimum absolute atomic E-state index is 0.143. The molecule has 3 rings (SSSR count). The molecular formula is C21H22FNO3. The van der Waals surface area contributed by atoms with Gasteiger partial charge in [-0.05, 0) is 43.0 Å². The number of amides is 1. The predicted octanol–water partition coefficient (Wildman–Crippen LogP) is 4.08. The molecule has 1 amide bonds.